The van der Waals surface area contributed by atoms with E-state index in [0.29, 0.717) is 0 Å². The molecule has 0 aliphatic carbocycles. The lowest BCUT2D eigenvalue weighted by molar-refractivity contribution is -0.139. The van der Waals surface area contributed by atoms with Crippen molar-refractivity contribution in [3.8, 4) is 0 Å². The lowest BCUT2D eigenvalue weighted by Gasteiger charge is -2.13. The van der Waals surface area contributed by atoms with Crippen molar-refractivity contribution in [2.45, 2.75) is 6.04 Å². The van der Waals surface area contributed by atoms with Crippen LogP contribution >= 0.6 is 11.6 Å². The Kier molecular flexibility index (Phi) is 4.23. The van der Waals surface area contributed by atoms with Crippen LogP contribution in [-0.2, 0) is 11.8 Å². The first-order valence-electron chi connectivity index (χ1n) is 5.85. The van der Waals surface area contributed by atoms with Crippen LogP contribution in [0.4, 0.5) is 4.39 Å². The molecule has 1 aromatic carbocycles. The molecular formula is C13H11ClFN3O3. The molecule has 0 fully saturated rings. The summed E-state index contributed by atoms with van der Waals surface area (Å²) in [5, 5.41) is 15.4. The summed E-state index contributed by atoms with van der Waals surface area (Å²) < 4.78 is 15.0. The van der Waals surface area contributed by atoms with Gasteiger partial charge in [0.15, 0.2) is 6.04 Å². The van der Waals surface area contributed by atoms with E-state index in [9.17, 15) is 19.1 Å². The predicted molar refractivity (Wildman–Crippen MR) is 72.5 cm³/mol. The second kappa shape index (κ2) is 5.92. The van der Waals surface area contributed by atoms with Crippen LogP contribution in [0.5, 0.6) is 0 Å². The Morgan fingerprint density at radius 2 is 2.19 bits per heavy atom. The van der Waals surface area contributed by atoms with Crippen molar-refractivity contribution in [1.29, 1.82) is 0 Å². The maximum absolute atomic E-state index is 13.6. The van der Waals surface area contributed by atoms with E-state index in [1.807, 2.05) is 0 Å². The highest BCUT2D eigenvalue weighted by Crippen LogP contribution is 2.17. The van der Waals surface area contributed by atoms with Gasteiger partial charge >= 0.3 is 5.97 Å². The van der Waals surface area contributed by atoms with Gasteiger partial charge in [0.05, 0.1) is 11.8 Å². The maximum Gasteiger partial charge on any atom is 0.331 e. The average Bonchev–Trinajstić information content (AvgIpc) is 2.84. The zero-order valence-electron chi connectivity index (χ0n) is 10.9. The van der Waals surface area contributed by atoms with Crippen LogP contribution < -0.4 is 5.32 Å². The van der Waals surface area contributed by atoms with Gasteiger partial charge < -0.3 is 10.4 Å². The van der Waals surface area contributed by atoms with Crippen LogP contribution in [0.1, 0.15) is 22.0 Å². The molecule has 1 unspecified atom stereocenters. The molecule has 1 heterocycles. The second-order valence-corrected chi connectivity index (χ2v) is 4.75. The Bertz CT molecular complexity index is 702. The minimum atomic E-state index is -1.33. The van der Waals surface area contributed by atoms with E-state index in [-0.39, 0.29) is 16.1 Å². The maximum atomic E-state index is 13.6. The lowest BCUT2D eigenvalue weighted by atomic mass is 10.1. The van der Waals surface area contributed by atoms with E-state index in [1.54, 1.807) is 7.05 Å². The van der Waals surface area contributed by atoms with Crippen LogP contribution in [0, 0.1) is 5.82 Å². The van der Waals surface area contributed by atoms with Crippen molar-refractivity contribution in [3.05, 3.63) is 52.6 Å². The molecule has 0 aliphatic rings. The molecule has 0 spiro atoms. The second-order valence-electron chi connectivity index (χ2n) is 4.32. The molecule has 1 atom stereocenters. The van der Waals surface area contributed by atoms with Gasteiger partial charge in [0.25, 0.3) is 5.91 Å². The fourth-order valence-electron chi connectivity index (χ4n) is 1.76. The Hall–Kier alpha value is -2.41. The number of carboxylic acids is 1. The minimum absolute atomic E-state index is 0.176. The van der Waals surface area contributed by atoms with Gasteiger partial charge in [-0.15, -0.1) is 0 Å². The van der Waals surface area contributed by atoms with Crippen LogP contribution in [0.2, 0.25) is 5.02 Å². The summed E-state index contributed by atoms with van der Waals surface area (Å²) in [5.41, 5.74) is -0.0431. The summed E-state index contributed by atoms with van der Waals surface area (Å²) in [6.45, 7) is 0. The largest absolute Gasteiger partial charge is 0.479 e. The molecule has 8 heteroatoms. The standard InChI is InChI=1S/C13H11ClFN3O3/c1-18-6-7(5-16-18)11(13(20)21)17-12(19)9-4-8(14)2-3-10(9)15/h2-6,11H,1H3,(H,17,19)(H,20,21). The molecular weight excluding hydrogens is 301 g/mol. The van der Waals surface area contributed by atoms with Crippen molar-refractivity contribution in [2.75, 3.05) is 0 Å². The number of nitrogens with zero attached hydrogens (tertiary/aromatic N) is 2. The summed E-state index contributed by atoms with van der Waals surface area (Å²) in [4.78, 5) is 23.3. The Balaban J connectivity index is 2.27. The van der Waals surface area contributed by atoms with Gasteiger partial charge in [-0.1, -0.05) is 11.6 Å². The number of nitrogens with one attached hydrogen (secondary N) is 1. The van der Waals surface area contributed by atoms with Crippen molar-refractivity contribution in [1.82, 2.24) is 15.1 Å². The number of carbonyl (C=O) groups is 2. The number of halogens is 2. The molecule has 0 radical (unpaired) electrons. The fraction of sp³-hybridized carbons (Fsp3) is 0.154. The molecule has 6 nitrogen and oxygen atoms in total. The Morgan fingerprint density at radius 3 is 2.76 bits per heavy atom. The minimum Gasteiger partial charge on any atom is -0.479 e. The van der Waals surface area contributed by atoms with Gasteiger partial charge in [0, 0.05) is 23.8 Å². The monoisotopic (exact) mass is 311 g/mol. The SMILES string of the molecule is Cn1cc(C(NC(=O)c2cc(Cl)ccc2F)C(=O)O)cn1. The normalized spacial score (nSPS) is 12.0. The summed E-state index contributed by atoms with van der Waals surface area (Å²) in [5.74, 6) is -2.93. The van der Waals surface area contributed by atoms with Gasteiger partial charge in [-0.3, -0.25) is 9.48 Å². The van der Waals surface area contributed by atoms with Gasteiger partial charge in [0.2, 0.25) is 0 Å². The number of carbonyl (C=O) groups excluding carboxylic acids is 1. The van der Waals surface area contributed by atoms with E-state index in [1.165, 1.54) is 23.1 Å². The number of hydrogen-bond acceptors (Lipinski definition) is 3. The molecule has 0 bridgehead atoms. The highest BCUT2D eigenvalue weighted by Gasteiger charge is 2.25. The molecule has 0 aliphatic heterocycles. The number of aromatic nitrogens is 2. The highest BCUT2D eigenvalue weighted by atomic mass is 35.5. The topological polar surface area (TPSA) is 84.2 Å². The summed E-state index contributed by atoms with van der Waals surface area (Å²) in [6, 6.07) is 2.14. The van der Waals surface area contributed by atoms with Gasteiger partial charge in [0.1, 0.15) is 5.82 Å². The zero-order chi connectivity index (χ0) is 15.6. The number of carboxylic acid groups (broad SMARTS) is 1. The van der Waals surface area contributed by atoms with Crippen LogP contribution in [0.15, 0.2) is 30.6 Å². The number of rotatable bonds is 4. The third-order valence-corrected chi connectivity index (χ3v) is 2.99. The third kappa shape index (κ3) is 3.38. The molecule has 110 valence electrons. The van der Waals surface area contributed by atoms with E-state index < -0.39 is 23.7 Å². The van der Waals surface area contributed by atoms with E-state index in [0.717, 1.165) is 12.1 Å². The van der Waals surface area contributed by atoms with Crippen molar-refractivity contribution >= 4 is 23.5 Å². The molecule has 0 saturated heterocycles. The third-order valence-electron chi connectivity index (χ3n) is 2.75. The summed E-state index contributed by atoms with van der Waals surface area (Å²) in [6.07, 6.45) is 2.76. The van der Waals surface area contributed by atoms with Crippen LogP contribution in [0.25, 0.3) is 0 Å². The summed E-state index contributed by atoms with van der Waals surface area (Å²) >= 11 is 5.70. The van der Waals surface area contributed by atoms with Crippen LogP contribution in [0.3, 0.4) is 0 Å². The Labute approximate surface area is 124 Å². The lowest BCUT2D eigenvalue weighted by Crippen LogP contribution is -2.34. The van der Waals surface area contributed by atoms with Gasteiger partial charge in [-0.25, -0.2) is 9.18 Å². The van der Waals surface area contributed by atoms with Gasteiger partial charge in [-0.05, 0) is 18.2 Å². The van der Waals surface area contributed by atoms with Gasteiger partial charge in [-0.2, -0.15) is 5.10 Å². The molecule has 2 aromatic rings. The molecule has 1 amide bonds. The first-order valence-corrected chi connectivity index (χ1v) is 6.23. The molecule has 0 saturated carbocycles. The fourth-order valence-corrected chi connectivity index (χ4v) is 1.93. The zero-order valence-corrected chi connectivity index (χ0v) is 11.6. The van der Waals surface area contributed by atoms with E-state index in [2.05, 4.69) is 10.4 Å². The Morgan fingerprint density at radius 1 is 1.48 bits per heavy atom. The first-order chi connectivity index (χ1) is 9.88. The smallest absolute Gasteiger partial charge is 0.331 e. The predicted octanol–water partition coefficient (Wildman–Crippen LogP) is 1.77. The molecule has 2 rings (SSSR count). The van der Waals surface area contributed by atoms with E-state index in [4.69, 9.17) is 11.6 Å². The van der Waals surface area contributed by atoms with Crippen molar-refractivity contribution < 1.29 is 19.1 Å². The first kappa shape index (κ1) is 15.0. The van der Waals surface area contributed by atoms with Crippen molar-refractivity contribution in [3.63, 3.8) is 0 Å². The number of aryl methyl sites for hydroxylation is 1. The highest BCUT2D eigenvalue weighted by molar-refractivity contribution is 6.31. The molecule has 2 N–H and O–H groups in total. The van der Waals surface area contributed by atoms with E-state index >= 15 is 0 Å². The summed E-state index contributed by atoms with van der Waals surface area (Å²) in [7, 11) is 1.61. The number of hydrogen-bond donors (Lipinski definition) is 2. The quantitative estimate of drug-likeness (QED) is 0.901. The number of aliphatic carboxylic acids is 1. The number of benzene rings is 1. The number of amides is 1. The molecule has 21 heavy (non-hydrogen) atoms. The van der Waals surface area contributed by atoms with Crippen molar-refractivity contribution in [2.24, 2.45) is 7.05 Å². The molecule has 1 aromatic heterocycles. The average molecular weight is 312 g/mol. The van der Waals surface area contributed by atoms with Crippen LogP contribution in [-0.4, -0.2) is 26.8 Å².